The molecule has 0 fully saturated rings. The average molecular weight is 180 g/mol. The van der Waals surface area contributed by atoms with E-state index in [-0.39, 0.29) is 0 Å². The Morgan fingerprint density at radius 3 is 2.70 bits per heavy atom. The van der Waals surface area contributed by atoms with Gasteiger partial charge in [0, 0.05) is 0 Å². The van der Waals surface area contributed by atoms with E-state index in [4.69, 9.17) is 0 Å². The van der Waals surface area contributed by atoms with Gasteiger partial charge >= 0.3 is 66.2 Å². The van der Waals surface area contributed by atoms with Gasteiger partial charge < -0.3 is 0 Å². The maximum absolute atomic E-state index is 9.62. The molecule has 0 aromatic rings. The Morgan fingerprint density at radius 2 is 2.30 bits per heavy atom. The molecule has 0 unspecified atom stereocenters. The Morgan fingerprint density at radius 1 is 1.60 bits per heavy atom. The van der Waals surface area contributed by atoms with Crippen molar-refractivity contribution >= 4 is 0 Å². The van der Waals surface area contributed by atoms with Crippen molar-refractivity contribution in [2.75, 3.05) is 0 Å². The summed E-state index contributed by atoms with van der Waals surface area (Å²) in [6.45, 7) is 4.16. The van der Waals surface area contributed by atoms with Gasteiger partial charge in [-0.2, -0.15) is 0 Å². The fraction of sp³-hybridized carbons (Fsp3) is 0.500. The Labute approximate surface area is 66.7 Å². The molecule has 0 aromatic carbocycles. The molecule has 0 heterocycles. The molecule has 0 amide bonds. The molecule has 0 aliphatic heterocycles. The number of hydrogen-bond acceptors (Lipinski definition) is 1. The van der Waals surface area contributed by atoms with Crippen molar-refractivity contribution in [3.63, 3.8) is 0 Å². The van der Waals surface area contributed by atoms with Crippen LogP contribution >= 0.6 is 0 Å². The minimum absolute atomic E-state index is 0.443. The number of allylic oxidation sites excluding steroid dienone is 4. The topological polar surface area (TPSA) is 20.2 Å². The van der Waals surface area contributed by atoms with Crippen molar-refractivity contribution < 1.29 is 18.4 Å². The van der Waals surface area contributed by atoms with E-state index in [1.807, 2.05) is 6.08 Å². The van der Waals surface area contributed by atoms with Crippen LogP contribution in [0, 0.1) is 0 Å². The number of rotatable bonds is 2. The van der Waals surface area contributed by atoms with E-state index in [1.54, 1.807) is 0 Å². The summed E-state index contributed by atoms with van der Waals surface area (Å²) in [5.41, 5.74) is 0. The van der Waals surface area contributed by atoms with E-state index < -0.39 is 14.2 Å². The Hall–Kier alpha value is -0.0405. The monoisotopic (exact) mass is 180 g/mol. The third-order valence-electron chi connectivity index (χ3n) is 1.39. The summed E-state index contributed by atoms with van der Waals surface area (Å²) in [5.74, 6) is 0. The Balaban J connectivity index is 2.50. The van der Waals surface area contributed by atoms with Crippen LogP contribution < -0.4 is 0 Å². The second kappa shape index (κ2) is 3.38. The molecule has 1 aliphatic rings. The van der Waals surface area contributed by atoms with Crippen LogP contribution in [0.15, 0.2) is 22.7 Å². The van der Waals surface area contributed by atoms with Gasteiger partial charge in [0.15, 0.2) is 0 Å². The summed E-state index contributed by atoms with van der Waals surface area (Å²) in [4.78, 5) is 0.443. The van der Waals surface area contributed by atoms with E-state index >= 15 is 0 Å². The summed E-state index contributed by atoms with van der Waals surface area (Å²) in [6.07, 6.45) is 7.15. The van der Waals surface area contributed by atoms with Crippen LogP contribution in [-0.2, 0) is 14.2 Å². The van der Waals surface area contributed by atoms with Crippen molar-refractivity contribution in [3.8, 4) is 0 Å². The van der Waals surface area contributed by atoms with Crippen LogP contribution in [-0.4, -0.2) is 4.19 Å². The first-order valence-corrected chi connectivity index (χ1v) is 5.25. The van der Waals surface area contributed by atoms with Crippen molar-refractivity contribution in [2.24, 2.45) is 0 Å². The van der Waals surface area contributed by atoms with Crippen molar-refractivity contribution in [2.45, 2.75) is 25.1 Å². The molecular weight excluding hydrogens is 167 g/mol. The molecule has 0 saturated carbocycles. The quantitative estimate of drug-likeness (QED) is 0.646. The van der Waals surface area contributed by atoms with Gasteiger partial charge in [0.2, 0.25) is 0 Å². The molecule has 58 valence electrons. The minimum atomic E-state index is -1.21. The molecule has 0 radical (unpaired) electrons. The molecule has 0 aromatic heterocycles. The van der Waals surface area contributed by atoms with Crippen LogP contribution in [0.5, 0.6) is 0 Å². The zero-order valence-corrected chi connectivity index (χ0v) is 7.52. The van der Waals surface area contributed by atoms with Crippen molar-refractivity contribution in [1.82, 2.24) is 0 Å². The second-order valence-corrected chi connectivity index (χ2v) is 5.58. The Kier molecular flexibility index (Phi) is 2.72. The maximum atomic E-state index is 9.62. The summed E-state index contributed by atoms with van der Waals surface area (Å²) >= 11 is -1.21. The SMILES string of the molecule is C[CH](C)[Mn]([OH])[C]1=CC=CC1. The predicted molar refractivity (Wildman–Crippen MR) is 39.2 cm³/mol. The van der Waals surface area contributed by atoms with Gasteiger partial charge in [-0.1, -0.05) is 0 Å². The zero-order valence-electron chi connectivity index (χ0n) is 6.34. The first-order chi connectivity index (χ1) is 4.72. The summed E-state index contributed by atoms with van der Waals surface area (Å²) in [6, 6.07) is 0. The number of hydrogen-bond donors (Lipinski definition) is 1. The van der Waals surface area contributed by atoms with Gasteiger partial charge in [-0.25, -0.2) is 0 Å². The van der Waals surface area contributed by atoms with Gasteiger partial charge in [0.25, 0.3) is 0 Å². The molecule has 10 heavy (non-hydrogen) atoms. The zero-order chi connectivity index (χ0) is 7.56. The van der Waals surface area contributed by atoms with Gasteiger partial charge in [-0.05, 0) is 0 Å². The van der Waals surface area contributed by atoms with Crippen LogP contribution in [0.2, 0.25) is 4.82 Å². The van der Waals surface area contributed by atoms with Crippen LogP contribution in [0.4, 0.5) is 0 Å². The van der Waals surface area contributed by atoms with Gasteiger partial charge in [0.05, 0.1) is 0 Å². The molecule has 0 bridgehead atoms. The molecule has 1 rings (SSSR count). The molecule has 0 spiro atoms. The van der Waals surface area contributed by atoms with E-state index in [1.165, 1.54) is 4.47 Å². The third-order valence-corrected chi connectivity index (χ3v) is 3.89. The summed E-state index contributed by atoms with van der Waals surface area (Å²) in [7, 11) is 0. The van der Waals surface area contributed by atoms with E-state index in [0.717, 1.165) is 6.42 Å². The first kappa shape index (κ1) is 8.06. The molecule has 0 saturated heterocycles. The molecular formula is C8H13MnO. The molecule has 1 nitrogen and oxygen atoms in total. The molecule has 1 aliphatic carbocycles. The van der Waals surface area contributed by atoms with Gasteiger partial charge in [-0.15, -0.1) is 0 Å². The fourth-order valence-electron chi connectivity index (χ4n) is 0.845. The van der Waals surface area contributed by atoms with Gasteiger partial charge in [-0.3, -0.25) is 0 Å². The standard InChI is InChI=1S/C5H5.C3H7.Mn.H2O/c1-2-4-5-3-1;1-3-2;;/h1-3H,4H2;3H,1-2H3;;1H2/q;;+1;/p-1. The normalized spacial score (nSPS) is 18.0. The second-order valence-electron chi connectivity index (χ2n) is 2.55. The van der Waals surface area contributed by atoms with Crippen LogP contribution in [0.1, 0.15) is 20.3 Å². The first-order valence-electron chi connectivity index (χ1n) is 3.45. The van der Waals surface area contributed by atoms with E-state index in [0.29, 0.717) is 4.82 Å². The van der Waals surface area contributed by atoms with Gasteiger partial charge in [0.1, 0.15) is 0 Å². The summed E-state index contributed by atoms with van der Waals surface area (Å²) in [5, 5.41) is 0. The van der Waals surface area contributed by atoms with Crippen molar-refractivity contribution in [3.05, 3.63) is 22.7 Å². The molecule has 1 N–H and O–H groups in total. The van der Waals surface area contributed by atoms with E-state index in [9.17, 15) is 4.19 Å². The fourth-order valence-corrected chi connectivity index (χ4v) is 2.42. The third kappa shape index (κ3) is 1.72. The summed E-state index contributed by atoms with van der Waals surface area (Å²) < 4.78 is 10.9. The Bertz CT molecular complexity index is 170. The van der Waals surface area contributed by atoms with E-state index in [2.05, 4.69) is 26.0 Å². The molecule has 2 heteroatoms. The average Bonchev–Trinajstić information content (AvgIpc) is 2.36. The van der Waals surface area contributed by atoms with Crippen molar-refractivity contribution in [1.29, 1.82) is 0 Å². The molecule has 0 atom stereocenters. The predicted octanol–water partition coefficient (Wildman–Crippen LogP) is 2.18. The van der Waals surface area contributed by atoms with Crippen LogP contribution in [0.25, 0.3) is 0 Å². The van der Waals surface area contributed by atoms with Crippen LogP contribution in [0.3, 0.4) is 0 Å².